The normalized spacial score (nSPS) is 20.0. The Morgan fingerprint density at radius 3 is 2.41 bits per heavy atom. The van der Waals surface area contributed by atoms with Crippen molar-refractivity contribution in [2.75, 3.05) is 0 Å². The number of allylic oxidation sites excluding steroid dienone is 1. The van der Waals surface area contributed by atoms with Crippen LogP contribution in [0.2, 0.25) is 10.0 Å². The second-order valence-electron chi connectivity index (χ2n) is 9.05. The zero-order valence-electron chi connectivity index (χ0n) is 19.6. The maximum atomic E-state index is 13.6. The largest absolute Gasteiger partial charge is 0.299 e. The maximum absolute atomic E-state index is 13.6. The minimum atomic E-state index is -0.602. The van der Waals surface area contributed by atoms with Gasteiger partial charge in [-0.05, 0) is 66.3 Å². The van der Waals surface area contributed by atoms with Gasteiger partial charge in [-0.2, -0.15) is 5.10 Å². The zero-order valence-corrected chi connectivity index (χ0v) is 21.1. The Morgan fingerprint density at radius 1 is 1.05 bits per heavy atom. The average molecular weight is 537 g/mol. The van der Waals surface area contributed by atoms with E-state index >= 15 is 0 Å². The standard InChI is InChI=1S/C27H22Cl2N4O4/c28-20-8-4-17(5-9-20)14-19-2-1-3-23-26(19)30-32(27(23)18-6-10-21(29)11-7-18)25(35)16-31-15-22(33(36)37)12-13-24(31)34/h4-15,23,27H,1-3,16H2/b19-14-/t23-,27-/m0/s1. The van der Waals surface area contributed by atoms with Crippen molar-refractivity contribution in [1.82, 2.24) is 9.58 Å². The van der Waals surface area contributed by atoms with E-state index in [1.807, 2.05) is 36.4 Å². The molecule has 1 aliphatic carbocycles. The molecule has 0 spiro atoms. The fourth-order valence-electron chi connectivity index (χ4n) is 4.93. The van der Waals surface area contributed by atoms with E-state index in [9.17, 15) is 19.7 Å². The van der Waals surface area contributed by atoms with E-state index in [0.29, 0.717) is 10.0 Å². The summed E-state index contributed by atoms with van der Waals surface area (Å²) >= 11 is 12.2. The van der Waals surface area contributed by atoms with Crippen molar-refractivity contribution in [2.24, 2.45) is 11.0 Å². The summed E-state index contributed by atoms with van der Waals surface area (Å²) < 4.78 is 1.05. The molecule has 8 nitrogen and oxygen atoms in total. The molecule has 5 rings (SSSR count). The molecular weight excluding hydrogens is 515 g/mol. The van der Waals surface area contributed by atoms with Gasteiger partial charge in [-0.3, -0.25) is 24.3 Å². The first-order valence-corrected chi connectivity index (χ1v) is 12.5. The van der Waals surface area contributed by atoms with Crippen molar-refractivity contribution in [3.63, 3.8) is 0 Å². The van der Waals surface area contributed by atoms with Crippen LogP contribution in [0, 0.1) is 16.0 Å². The van der Waals surface area contributed by atoms with Gasteiger partial charge >= 0.3 is 0 Å². The van der Waals surface area contributed by atoms with E-state index in [-0.39, 0.29) is 24.2 Å². The van der Waals surface area contributed by atoms with Crippen LogP contribution in [0.5, 0.6) is 0 Å². The average Bonchev–Trinajstić information content (AvgIpc) is 3.28. The van der Waals surface area contributed by atoms with Crippen LogP contribution in [0.4, 0.5) is 5.69 Å². The molecule has 37 heavy (non-hydrogen) atoms. The Kier molecular flexibility index (Phi) is 6.95. The Morgan fingerprint density at radius 2 is 1.73 bits per heavy atom. The van der Waals surface area contributed by atoms with Gasteiger partial charge < -0.3 is 0 Å². The molecule has 1 amide bonds. The van der Waals surface area contributed by atoms with Crippen molar-refractivity contribution in [2.45, 2.75) is 31.8 Å². The lowest BCUT2D eigenvalue weighted by molar-refractivity contribution is -0.385. The molecule has 0 radical (unpaired) electrons. The summed E-state index contributed by atoms with van der Waals surface area (Å²) in [5, 5.41) is 18.6. The van der Waals surface area contributed by atoms with Crippen LogP contribution < -0.4 is 5.56 Å². The first kappa shape index (κ1) is 24.9. The molecule has 0 unspecified atom stereocenters. The van der Waals surface area contributed by atoms with Crippen LogP contribution in [0.15, 0.2) is 82.3 Å². The third-order valence-corrected chi connectivity index (χ3v) is 7.17. The lowest BCUT2D eigenvalue weighted by atomic mass is 9.77. The molecule has 2 aromatic carbocycles. The summed E-state index contributed by atoms with van der Waals surface area (Å²) in [4.78, 5) is 36.5. The monoisotopic (exact) mass is 536 g/mol. The molecule has 1 fully saturated rings. The highest BCUT2D eigenvalue weighted by atomic mass is 35.5. The first-order chi connectivity index (χ1) is 17.8. The van der Waals surface area contributed by atoms with Gasteiger partial charge in [0, 0.05) is 28.1 Å². The molecule has 0 saturated heterocycles. The number of fused-ring (bicyclic) bond motifs is 1. The van der Waals surface area contributed by atoms with Crippen molar-refractivity contribution in [3.8, 4) is 0 Å². The van der Waals surface area contributed by atoms with Crippen molar-refractivity contribution < 1.29 is 9.72 Å². The fraction of sp³-hybridized carbons (Fsp3) is 0.222. The minimum absolute atomic E-state index is 0.0424. The number of rotatable bonds is 5. The highest BCUT2D eigenvalue weighted by Crippen LogP contribution is 2.44. The second-order valence-corrected chi connectivity index (χ2v) is 9.92. The number of carbonyl (C=O) groups excluding carboxylic acids is 1. The van der Waals surface area contributed by atoms with Crippen LogP contribution >= 0.6 is 23.2 Å². The van der Waals surface area contributed by atoms with E-state index < -0.39 is 16.4 Å². The van der Waals surface area contributed by atoms with E-state index in [0.717, 1.165) is 64.6 Å². The predicted molar refractivity (Wildman–Crippen MR) is 143 cm³/mol. The zero-order chi connectivity index (χ0) is 26.1. The number of pyridine rings is 1. The third-order valence-electron chi connectivity index (χ3n) is 6.66. The highest BCUT2D eigenvalue weighted by Gasteiger charge is 2.43. The Balaban J connectivity index is 1.53. The second kappa shape index (κ2) is 10.3. The number of halogens is 2. The smallest absolute Gasteiger partial charge is 0.285 e. The van der Waals surface area contributed by atoms with Gasteiger partial charge in [-0.1, -0.05) is 47.5 Å². The van der Waals surface area contributed by atoms with Gasteiger partial charge in [-0.15, -0.1) is 0 Å². The van der Waals surface area contributed by atoms with Crippen molar-refractivity contribution >= 4 is 46.6 Å². The predicted octanol–water partition coefficient (Wildman–Crippen LogP) is 5.89. The molecule has 2 heterocycles. The summed E-state index contributed by atoms with van der Waals surface area (Å²) in [6, 6.07) is 16.6. The summed E-state index contributed by atoms with van der Waals surface area (Å²) in [6.07, 6.45) is 5.74. The van der Waals surface area contributed by atoms with Crippen LogP contribution in [0.1, 0.15) is 36.4 Å². The molecule has 2 atom stereocenters. The summed E-state index contributed by atoms with van der Waals surface area (Å²) in [7, 11) is 0. The summed E-state index contributed by atoms with van der Waals surface area (Å²) in [6.45, 7) is -0.371. The summed E-state index contributed by atoms with van der Waals surface area (Å²) in [5.41, 5.74) is 2.96. The molecule has 0 N–H and O–H groups in total. The number of hydrazone groups is 1. The van der Waals surface area contributed by atoms with Gasteiger partial charge in [0.05, 0.1) is 22.9 Å². The van der Waals surface area contributed by atoms with Crippen molar-refractivity contribution in [3.05, 3.63) is 114 Å². The van der Waals surface area contributed by atoms with Crippen LogP contribution in [-0.4, -0.2) is 26.1 Å². The molecule has 1 saturated carbocycles. The molecule has 10 heteroatoms. The SMILES string of the molecule is O=C(Cn1cc([N+](=O)[O-])ccc1=O)N1N=C2/C(=C\c3ccc(Cl)cc3)CCC[C@@H]2[C@@H]1c1ccc(Cl)cc1. The van der Waals surface area contributed by atoms with Gasteiger partial charge in [0.2, 0.25) is 0 Å². The number of benzene rings is 2. The van der Waals surface area contributed by atoms with Gasteiger partial charge in [0.1, 0.15) is 6.54 Å². The van der Waals surface area contributed by atoms with E-state index in [2.05, 4.69) is 6.08 Å². The molecule has 3 aromatic rings. The summed E-state index contributed by atoms with van der Waals surface area (Å²) in [5.74, 6) is -0.477. The Labute approximate surface area is 222 Å². The third kappa shape index (κ3) is 5.21. The molecule has 1 aromatic heterocycles. The fourth-order valence-corrected chi connectivity index (χ4v) is 5.18. The molecular formula is C27H22Cl2N4O4. The number of carbonyl (C=O) groups is 1. The first-order valence-electron chi connectivity index (χ1n) is 11.8. The highest BCUT2D eigenvalue weighted by molar-refractivity contribution is 6.30. The lowest BCUT2D eigenvalue weighted by Gasteiger charge is -2.29. The molecule has 2 aliphatic rings. The number of aromatic nitrogens is 1. The minimum Gasteiger partial charge on any atom is -0.299 e. The van der Waals surface area contributed by atoms with E-state index in [1.54, 1.807) is 12.1 Å². The van der Waals surface area contributed by atoms with E-state index in [1.165, 1.54) is 5.01 Å². The lowest BCUT2D eigenvalue weighted by Crippen LogP contribution is -2.35. The van der Waals surface area contributed by atoms with Crippen LogP contribution in [-0.2, 0) is 11.3 Å². The number of hydrogen-bond donors (Lipinski definition) is 0. The van der Waals surface area contributed by atoms with E-state index in [4.69, 9.17) is 28.3 Å². The quantitative estimate of drug-likeness (QED) is 0.300. The number of hydrogen-bond acceptors (Lipinski definition) is 5. The van der Waals surface area contributed by atoms with Gasteiger partial charge in [0.25, 0.3) is 17.2 Å². The van der Waals surface area contributed by atoms with Gasteiger partial charge in [-0.25, -0.2) is 5.01 Å². The Hall–Kier alpha value is -3.75. The van der Waals surface area contributed by atoms with Gasteiger partial charge in [0.15, 0.2) is 0 Å². The van der Waals surface area contributed by atoms with Crippen molar-refractivity contribution in [1.29, 1.82) is 0 Å². The topological polar surface area (TPSA) is 97.8 Å². The number of nitrogens with zero attached hydrogens (tertiary/aromatic N) is 4. The molecule has 1 aliphatic heterocycles. The molecule has 188 valence electrons. The Bertz CT molecular complexity index is 1480. The number of amides is 1. The van der Waals surface area contributed by atoms with Crippen LogP contribution in [0.3, 0.4) is 0 Å². The van der Waals surface area contributed by atoms with Crippen LogP contribution in [0.25, 0.3) is 6.08 Å². The molecule has 0 bridgehead atoms. The maximum Gasteiger partial charge on any atom is 0.285 e. The number of nitro groups is 1.